The molecule has 0 aliphatic rings. The largest absolute Gasteiger partial charge is 0.379 e. The fraction of sp³-hybridized carbons (Fsp3) is 0.769. The van der Waals surface area contributed by atoms with Crippen molar-refractivity contribution in [2.45, 2.75) is 33.8 Å². The van der Waals surface area contributed by atoms with Gasteiger partial charge in [0.05, 0.1) is 24.7 Å². The summed E-state index contributed by atoms with van der Waals surface area (Å²) >= 11 is 1.65. The van der Waals surface area contributed by atoms with E-state index < -0.39 is 0 Å². The number of nitrogens with zero attached hydrogens (tertiary/aromatic N) is 1. The van der Waals surface area contributed by atoms with E-state index in [1.54, 1.807) is 11.3 Å². The van der Waals surface area contributed by atoms with Gasteiger partial charge >= 0.3 is 0 Å². The molecule has 104 valence electrons. The summed E-state index contributed by atoms with van der Waals surface area (Å²) < 4.78 is 11.0. The normalized spacial score (nSPS) is 11.1. The molecule has 0 fully saturated rings. The highest BCUT2D eigenvalue weighted by Crippen LogP contribution is 2.18. The minimum atomic E-state index is 0.582. The number of nitrogens with one attached hydrogen (secondary N) is 1. The van der Waals surface area contributed by atoms with E-state index in [1.165, 1.54) is 0 Å². The molecule has 0 saturated carbocycles. The topological polar surface area (TPSA) is 43.4 Å². The molecule has 18 heavy (non-hydrogen) atoms. The number of anilines is 1. The molecular formula is C13H24N2O2S. The van der Waals surface area contributed by atoms with Gasteiger partial charge < -0.3 is 14.8 Å². The maximum atomic E-state index is 5.54. The van der Waals surface area contributed by atoms with Crippen LogP contribution in [0.1, 0.15) is 32.1 Å². The third kappa shape index (κ3) is 6.93. The highest BCUT2D eigenvalue weighted by Gasteiger charge is 2.01. The summed E-state index contributed by atoms with van der Waals surface area (Å²) in [5.74, 6) is 0.582. The second-order valence-corrected chi connectivity index (χ2v) is 5.70. The van der Waals surface area contributed by atoms with Gasteiger partial charge in [0.25, 0.3) is 0 Å². The Hall–Kier alpha value is -0.650. The third-order valence-electron chi connectivity index (χ3n) is 2.15. The van der Waals surface area contributed by atoms with E-state index in [1.807, 2.05) is 6.20 Å². The summed E-state index contributed by atoms with van der Waals surface area (Å²) in [6.45, 7) is 10.1. The van der Waals surface area contributed by atoms with Crippen LogP contribution >= 0.6 is 11.3 Å². The van der Waals surface area contributed by atoms with Crippen molar-refractivity contribution >= 4 is 16.5 Å². The van der Waals surface area contributed by atoms with Crippen LogP contribution < -0.4 is 5.32 Å². The maximum Gasteiger partial charge on any atom is 0.182 e. The van der Waals surface area contributed by atoms with Crippen LogP contribution in [0.2, 0.25) is 0 Å². The second kappa shape index (κ2) is 9.30. The average molecular weight is 272 g/mol. The molecule has 0 unspecified atom stereocenters. The predicted molar refractivity (Wildman–Crippen MR) is 76.2 cm³/mol. The van der Waals surface area contributed by atoms with Gasteiger partial charge in [-0.3, -0.25) is 0 Å². The molecule has 0 aliphatic carbocycles. The van der Waals surface area contributed by atoms with Crippen molar-refractivity contribution in [1.82, 2.24) is 4.98 Å². The Morgan fingerprint density at radius 1 is 1.33 bits per heavy atom. The summed E-state index contributed by atoms with van der Waals surface area (Å²) in [6.07, 6.45) is 2.98. The van der Waals surface area contributed by atoms with E-state index in [-0.39, 0.29) is 0 Å². The van der Waals surface area contributed by atoms with Gasteiger partial charge in [0.15, 0.2) is 5.13 Å². The molecule has 1 N–H and O–H groups in total. The summed E-state index contributed by atoms with van der Waals surface area (Å²) in [7, 11) is 0. The molecule has 0 aromatic carbocycles. The van der Waals surface area contributed by atoms with Crippen LogP contribution in [0.4, 0.5) is 5.13 Å². The molecule has 1 aromatic rings. The smallest absolute Gasteiger partial charge is 0.182 e. The van der Waals surface area contributed by atoms with Crippen molar-refractivity contribution in [2.24, 2.45) is 5.92 Å². The minimum Gasteiger partial charge on any atom is -0.379 e. The molecule has 0 atom stereocenters. The Balaban J connectivity index is 2.06. The maximum absolute atomic E-state index is 5.54. The Labute approximate surface area is 114 Å². The Bertz CT molecular complexity index is 316. The van der Waals surface area contributed by atoms with Gasteiger partial charge in [0.1, 0.15) is 0 Å². The highest BCUT2D eigenvalue weighted by atomic mass is 32.1. The van der Waals surface area contributed by atoms with Crippen LogP contribution in [0, 0.1) is 5.92 Å². The Morgan fingerprint density at radius 2 is 2.11 bits per heavy atom. The van der Waals surface area contributed by atoms with Crippen molar-refractivity contribution < 1.29 is 9.47 Å². The fourth-order valence-electron chi connectivity index (χ4n) is 1.30. The second-order valence-electron chi connectivity index (χ2n) is 4.58. The molecule has 1 aromatic heterocycles. The zero-order valence-corrected chi connectivity index (χ0v) is 12.4. The lowest BCUT2D eigenvalue weighted by Crippen LogP contribution is -2.08. The van der Waals surface area contributed by atoms with Gasteiger partial charge in [-0.25, -0.2) is 4.98 Å². The van der Waals surface area contributed by atoms with Gasteiger partial charge in [-0.05, 0) is 12.3 Å². The minimum absolute atomic E-state index is 0.582. The van der Waals surface area contributed by atoms with Crippen LogP contribution in [0.3, 0.4) is 0 Å². The van der Waals surface area contributed by atoms with Gasteiger partial charge in [-0.1, -0.05) is 32.1 Å². The van der Waals surface area contributed by atoms with Crippen LogP contribution in [0.15, 0.2) is 6.20 Å². The van der Waals surface area contributed by atoms with E-state index in [0.29, 0.717) is 25.7 Å². The monoisotopic (exact) mass is 272 g/mol. The fourth-order valence-corrected chi connectivity index (χ4v) is 2.07. The molecular weight excluding hydrogens is 248 g/mol. The van der Waals surface area contributed by atoms with Crippen LogP contribution in [-0.4, -0.2) is 31.3 Å². The van der Waals surface area contributed by atoms with E-state index in [2.05, 4.69) is 31.1 Å². The Kier molecular flexibility index (Phi) is 7.96. The molecule has 0 saturated heterocycles. The zero-order chi connectivity index (χ0) is 13.2. The van der Waals surface area contributed by atoms with E-state index >= 15 is 0 Å². The van der Waals surface area contributed by atoms with Crippen molar-refractivity contribution in [1.29, 1.82) is 0 Å². The van der Waals surface area contributed by atoms with E-state index in [0.717, 1.165) is 29.6 Å². The van der Waals surface area contributed by atoms with Gasteiger partial charge in [0, 0.05) is 19.3 Å². The summed E-state index contributed by atoms with van der Waals surface area (Å²) in [5, 5.41) is 4.24. The Morgan fingerprint density at radius 3 is 2.83 bits per heavy atom. The number of hydrogen-bond acceptors (Lipinski definition) is 5. The van der Waals surface area contributed by atoms with Gasteiger partial charge in [0.2, 0.25) is 0 Å². The summed E-state index contributed by atoms with van der Waals surface area (Å²) in [6, 6.07) is 0. The molecule has 1 heterocycles. The molecule has 0 radical (unpaired) electrons. The van der Waals surface area contributed by atoms with Crippen LogP contribution in [-0.2, 0) is 16.1 Å². The quantitative estimate of drug-likeness (QED) is 0.664. The van der Waals surface area contributed by atoms with E-state index in [4.69, 9.17) is 9.47 Å². The standard InChI is InChI=1S/C13H24N2O2S/c1-4-5-14-13-15-8-12(18-13)10-17-7-6-16-9-11(2)3/h8,11H,4-7,9-10H2,1-3H3,(H,14,15). The molecule has 5 heteroatoms. The van der Waals surface area contributed by atoms with Gasteiger partial charge in [-0.15, -0.1) is 0 Å². The first-order valence-electron chi connectivity index (χ1n) is 6.56. The lowest BCUT2D eigenvalue weighted by molar-refractivity contribution is 0.0322. The highest BCUT2D eigenvalue weighted by molar-refractivity contribution is 7.15. The first kappa shape index (κ1) is 15.4. The van der Waals surface area contributed by atoms with Crippen LogP contribution in [0.5, 0.6) is 0 Å². The lowest BCUT2D eigenvalue weighted by Gasteiger charge is -2.06. The molecule has 4 nitrogen and oxygen atoms in total. The first-order valence-corrected chi connectivity index (χ1v) is 7.38. The number of rotatable bonds is 10. The SMILES string of the molecule is CCCNc1ncc(COCCOCC(C)C)s1. The molecule has 0 aliphatic heterocycles. The number of ether oxygens (including phenoxy) is 2. The van der Waals surface area contributed by atoms with Crippen molar-refractivity contribution in [3.8, 4) is 0 Å². The zero-order valence-electron chi connectivity index (χ0n) is 11.6. The number of aromatic nitrogens is 1. The summed E-state index contributed by atoms with van der Waals surface area (Å²) in [4.78, 5) is 5.44. The van der Waals surface area contributed by atoms with Crippen molar-refractivity contribution in [3.63, 3.8) is 0 Å². The first-order chi connectivity index (χ1) is 8.72. The lowest BCUT2D eigenvalue weighted by atomic mass is 10.2. The van der Waals surface area contributed by atoms with E-state index in [9.17, 15) is 0 Å². The number of thiazole rings is 1. The van der Waals surface area contributed by atoms with Crippen molar-refractivity contribution in [2.75, 3.05) is 31.7 Å². The number of hydrogen-bond donors (Lipinski definition) is 1. The average Bonchev–Trinajstić information content (AvgIpc) is 2.78. The molecule has 0 bridgehead atoms. The van der Waals surface area contributed by atoms with Gasteiger partial charge in [-0.2, -0.15) is 0 Å². The van der Waals surface area contributed by atoms with Crippen molar-refractivity contribution in [3.05, 3.63) is 11.1 Å². The molecule has 1 rings (SSSR count). The third-order valence-corrected chi connectivity index (χ3v) is 3.08. The predicted octanol–water partition coefficient (Wildman–Crippen LogP) is 3.15. The molecule has 0 amide bonds. The molecule has 0 spiro atoms. The van der Waals surface area contributed by atoms with Crippen LogP contribution in [0.25, 0.3) is 0 Å². The summed E-state index contributed by atoms with van der Waals surface area (Å²) in [5.41, 5.74) is 0.